The lowest BCUT2D eigenvalue weighted by Gasteiger charge is -2.26. The van der Waals surface area contributed by atoms with Crippen molar-refractivity contribution >= 4 is 5.78 Å². The van der Waals surface area contributed by atoms with Crippen molar-refractivity contribution < 1.29 is 4.79 Å². The van der Waals surface area contributed by atoms with Gasteiger partial charge in [0.05, 0.1) is 0 Å². The van der Waals surface area contributed by atoms with Crippen molar-refractivity contribution in [2.75, 3.05) is 13.1 Å². The van der Waals surface area contributed by atoms with Crippen LogP contribution in [0.1, 0.15) is 49.5 Å². The molecule has 1 unspecified atom stereocenters. The first-order valence-electron chi connectivity index (χ1n) is 6.93. The summed E-state index contributed by atoms with van der Waals surface area (Å²) in [5.41, 5.74) is 1.95. The number of benzene rings is 1. The van der Waals surface area contributed by atoms with Gasteiger partial charge in [-0.05, 0) is 32.4 Å². The second kappa shape index (κ2) is 7.32. The molecule has 1 rings (SSSR count). The minimum atomic E-state index is 0.259. The molecule has 0 bridgehead atoms. The average molecular weight is 247 g/mol. The van der Waals surface area contributed by atoms with Gasteiger partial charge in [-0.3, -0.25) is 4.79 Å². The van der Waals surface area contributed by atoms with E-state index in [1.54, 1.807) is 0 Å². The van der Waals surface area contributed by atoms with Gasteiger partial charge in [0.1, 0.15) is 0 Å². The van der Waals surface area contributed by atoms with E-state index in [0.29, 0.717) is 12.5 Å². The van der Waals surface area contributed by atoms with E-state index in [1.807, 2.05) is 31.2 Å². The number of ketones is 1. The highest BCUT2D eigenvalue weighted by molar-refractivity contribution is 5.97. The van der Waals surface area contributed by atoms with Crippen LogP contribution in [0.2, 0.25) is 0 Å². The zero-order chi connectivity index (χ0) is 13.5. The number of rotatable bonds is 7. The molecule has 1 aromatic rings. The van der Waals surface area contributed by atoms with E-state index >= 15 is 0 Å². The Morgan fingerprint density at radius 1 is 1.28 bits per heavy atom. The quantitative estimate of drug-likeness (QED) is 0.685. The smallest absolute Gasteiger partial charge is 0.164 e. The molecule has 1 aromatic carbocycles. The second-order valence-corrected chi connectivity index (χ2v) is 4.87. The lowest BCUT2D eigenvalue weighted by molar-refractivity contribution is 0.0954. The van der Waals surface area contributed by atoms with Gasteiger partial charge in [-0.2, -0.15) is 0 Å². The summed E-state index contributed by atoms with van der Waals surface area (Å²) in [6, 6.07) is 8.40. The maximum atomic E-state index is 12.2. The van der Waals surface area contributed by atoms with Crippen molar-refractivity contribution in [2.45, 2.75) is 46.6 Å². The van der Waals surface area contributed by atoms with Crippen LogP contribution in [0.25, 0.3) is 0 Å². The number of carbonyl (C=O) groups is 1. The van der Waals surface area contributed by atoms with Crippen LogP contribution in [-0.4, -0.2) is 29.8 Å². The van der Waals surface area contributed by atoms with Crippen molar-refractivity contribution in [1.82, 2.24) is 4.90 Å². The molecule has 100 valence electrons. The Morgan fingerprint density at radius 3 is 2.50 bits per heavy atom. The molecule has 0 aliphatic rings. The third-order valence-electron chi connectivity index (χ3n) is 3.69. The molecular formula is C16H25NO. The predicted octanol–water partition coefficient (Wildman–Crippen LogP) is 3.69. The van der Waals surface area contributed by atoms with Gasteiger partial charge in [0.2, 0.25) is 0 Å². The van der Waals surface area contributed by atoms with Crippen molar-refractivity contribution in [3.63, 3.8) is 0 Å². The van der Waals surface area contributed by atoms with Gasteiger partial charge < -0.3 is 4.90 Å². The Labute approximate surface area is 111 Å². The number of hydrogen-bond donors (Lipinski definition) is 0. The van der Waals surface area contributed by atoms with Gasteiger partial charge in [-0.15, -0.1) is 0 Å². The molecule has 0 spiro atoms. The largest absolute Gasteiger partial charge is 0.300 e. The monoisotopic (exact) mass is 247 g/mol. The molecule has 0 aliphatic heterocycles. The lowest BCUT2D eigenvalue weighted by Crippen LogP contribution is -2.34. The minimum Gasteiger partial charge on any atom is -0.300 e. The summed E-state index contributed by atoms with van der Waals surface area (Å²) in [5, 5.41) is 0. The van der Waals surface area contributed by atoms with Crippen LogP contribution >= 0.6 is 0 Å². The standard InChI is InChI=1S/C16H25NO/c1-5-14(4)17(6-2)12-11-16(18)15-10-8-7-9-13(15)3/h7-10,14H,5-6,11-12H2,1-4H3. The van der Waals surface area contributed by atoms with Gasteiger partial charge in [-0.25, -0.2) is 0 Å². The van der Waals surface area contributed by atoms with E-state index in [4.69, 9.17) is 0 Å². The van der Waals surface area contributed by atoms with Gasteiger partial charge in [-0.1, -0.05) is 38.1 Å². The Balaban J connectivity index is 2.58. The van der Waals surface area contributed by atoms with Crippen molar-refractivity contribution in [3.05, 3.63) is 35.4 Å². The summed E-state index contributed by atoms with van der Waals surface area (Å²) >= 11 is 0. The van der Waals surface area contributed by atoms with Crippen LogP contribution in [0.3, 0.4) is 0 Å². The highest BCUT2D eigenvalue weighted by Crippen LogP contribution is 2.11. The van der Waals surface area contributed by atoms with Crippen LogP contribution in [0, 0.1) is 6.92 Å². The number of nitrogens with zero attached hydrogens (tertiary/aromatic N) is 1. The Kier molecular flexibility index (Phi) is 6.06. The second-order valence-electron chi connectivity index (χ2n) is 4.87. The molecule has 0 radical (unpaired) electrons. The molecule has 0 aromatic heterocycles. The Bertz CT molecular complexity index is 386. The SMILES string of the molecule is CCC(C)N(CC)CCC(=O)c1ccccc1C. The lowest BCUT2D eigenvalue weighted by atomic mass is 10.0. The van der Waals surface area contributed by atoms with Crippen LogP contribution < -0.4 is 0 Å². The van der Waals surface area contributed by atoms with Crippen molar-refractivity contribution in [1.29, 1.82) is 0 Å². The topological polar surface area (TPSA) is 20.3 Å². The van der Waals surface area contributed by atoms with E-state index in [0.717, 1.165) is 30.6 Å². The molecule has 0 aliphatic carbocycles. The fraction of sp³-hybridized carbons (Fsp3) is 0.562. The normalized spacial score (nSPS) is 12.7. The van der Waals surface area contributed by atoms with Gasteiger partial charge in [0.15, 0.2) is 5.78 Å². The number of Topliss-reactive ketones (excluding diaryl/α,β-unsaturated/α-hetero) is 1. The molecule has 0 heterocycles. The summed E-state index contributed by atoms with van der Waals surface area (Å²) in [4.78, 5) is 14.5. The molecule has 0 saturated heterocycles. The van der Waals surface area contributed by atoms with Crippen LogP contribution in [0.5, 0.6) is 0 Å². The predicted molar refractivity (Wildman–Crippen MR) is 77.1 cm³/mol. The third-order valence-corrected chi connectivity index (χ3v) is 3.69. The zero-order valence-electron chi connectivity index (χ0n) is 12.1. The summed E-state index contributed by atoms with van der Waals surface area (Å²) < 4.78 is 0. The van der Waals surface area contributed by atoms with Gasteiger partial charge in [0, 0.05) is 24.6 Å². The van der Waals surface area contributed by atoms with E-state index in [1.165, 1.54) is 0 Å². The Morgan fingerprint density at radius 2 is 1.94 bits per heavy atom. The molecule has 18 heavy (non-hydrogen) atoms. The fourth-order valence-electron chi connectivity index (χ4n) is 2.21. The molecule has 2 nitrogen and oxygen atoms in total. The number of carbonyl (C=O) groups excluding carboxylic acids is 1. The molecule has 1 atom stereocenters. The summed E-state index contributed by atoms with van der Waals surface area (Å²) in [6.07, 6.45) is 1.75. The highest BCUT2D eigenvalue weighted by Gasteiger charge is 2.13. The van der Waals surface area contributed by atoms with Gasteiger partial charge >= 0.3 is 0 Å². The summed E-state index contributed by atoms with van der Waals surface area (Å²) in [5.74, 6) is 0.259. The maximum Gasteiger partial charge on any atom is 0.164 e. The highest BCUT2D eigenvalue weighted by atomic mass is 16.1. The van der Waals surface area contributed by atoms with Crippen LogP contribution in [-0.2, 0) is 0 Å². The average Bonchev–Trinajstić information content (AvgIpc) is 2.39. The van der Waals surface area contributed by atoms with E-state index < -0.39 is 0 Å². The molecule has 0 amide bonds. The van der Waals surface area contributed by atoms with E-state index in [-0.39, 0.29) is 5.78 Å². The summed E-state index contributed by atoms with van der Waals surface area (Å²) in [6.45, 7) is 10.4. The fourth-order valence-corrected chi connectivity index (χ4v) is 2.21. The molecule has 0 N–H and O–H groups in total. The maximum absolute atomic E-state index is 12.2. The minimum absolute atomic E-state index is 0.259. The van der Waals surface area contributed by atoms with Crippen LogP contribution in [0.4, 0.5) is 0 Å². The molecule has 2 heteroatoms. The van der Waals surface area contributed by atoms with E-state index in [9.17, 15) is 4.79 Å². The first-order chi connectivity index (χ1) is 8.60. The van der Waals surface area contributed by atoms with E-state index in [2.05, 4.69) is 25.7 Å². The first kappa shape index (κ1) is 14.9. The molecule has 0 saturated carbocycles. The number of hydrogen-bond acceptors (Lipinski definition) is 2. The van der Waals surface area contributed by atoms with Crippen LogP contribution in [0.15, 0.2) is 24.3 Å². The molecule has 0 fully saturated rings. The Hall–Kier alpha value is -1.15. The third kappa shape index (κ3) is 3.95. The molecular weight excluding hydrogens is 222 g/mol. The first-order valence-corrected chi connectivity index (χ1v) is 6.93. The number of aryl methyl sites for hydroxylation is 1. The van der Waals surface area contributed by atoms with Crippen molar-refractivity contribution in [2.24, 2.45) is 0 Å². The summed E-state index contributed by atoms with van der Waals surface area (Å²) in [7, 11) is 0. The zero-order valence-corrected chi connectivity index (χ0v) is 12.1. The van der Waals surface area contributed by atoms with Crippen molar-refractivity contribution in [3.8, 4) is 0 Å². The van der Waals surface area contributed by atoms with Gasteiger partial charge in [0.25, 0.3) is 0 Å².